The summed E-state index contributed by atoms with van der Waals surface area (Å²) in [5, 5.41) is 7.67. The molecule has 1 aliphatic heterocycles. The van der Waals surface area contributed by atoms with Crippen LogP contribution in [0.5, 0.6) is 0 Å². The number of ether oxygens (including phenoxy) is 1. The Hall–Kier alpha value is -0.940. The Morgan fingerprint density at radius 1 is 1.59 bits per heavy atom. The first-order chi connectivity index (χ1) is 8.40. The highest BCUT2D eigenvalue weighted by molar-refractivity contribution is 4.84. The van der Waals surface area contributed by atoms with Gasteiger partial charge in [0.2, 0.25) is 0 Å². The standard InChI is InChI=1S/C12H22N4O/c1-2-5-16-12(14-10-15-16)8-13-7-11-4-3-6-17-9-11/h10-11,13H,2-9H2,1H3. The Bertz CT molecular complexity index is 320. The van der Waals surface area contributed by atoms with Crippen LogP contribution in [0.15, 0.2) is 6.33 Å². The van der Waals surface area contributed by atoms with Crippen molar-refractivity contribution in [3.05, 3.63) is 12.2 Å². The van der Waals surface area contributed by atoms with E-state index in [-0.39, 0.29) is 0 Å². The van der Waals surface area contributed by atoms with Gasteiger partial charge in [0, 0.05) is 19.7 Å². The molecule has 17 heavy (non-hydrogen) atoms. The summed E-state index contributed by atoms with van der Waals surface area (Å²) < 4.78 is 7.44. The molecule has 0 spiro atoms. The summed E-state index contributed by atoms with van der Waals surface area (Å²) in [7, 11) is 0. The maximum Gasteiger partial charge on any atom is 0.140 e. The summed E-state index contributed by atoms with van der Waals surface area (Å²) in [5.74, 6) is 1.69. The van der Waals surface area contributed by atoms with Crippen LogP contribution < -0.4 is 5.32 Å². The van der Waals surface area contributed by atoms with E-state index in [1.54, 1.807) is 6.33 Å². The second-order valence-electron chi connectivity index (χ2n) is 4.61. The Kier molecular flexibility index (Phi) is 4.94. The minimum absolute atomic E-state index is 0.659. The average Bonchev–Trinajstić information content (AvgIpc) is 2.79. The van der Waals surface area contributed by atoms with Gasteiger partial charge in [-0.25, -0.2) is 9.67 Å². The highest BCUT2D eigenvalue weighted by atomic mass is 16.5. The fourth-order valence-corrected chi connectivity index (χ4v) is 2.18. The van der Waals surface area contributed by atoms with Gasteiger partial charge in [-0.1, -0.05) is 6.92 Å². The van der Waals surface area contributed by atoms with Crippen molar-refractivity contribution in [3.63, 3.8) is 0 Å². The predicted octanol–water partition coefficient (Wildman–Crippen LogP) is 1.20. The first-order valence-corrected chi connectivity index (χ1v) is 6.55. The lowest BCUT2D eigenvalue weighted by molar-refractivity contribution is 0.0546. The molecule has 96 valence electrons. The SMILES string of the molecule is CCCn1ncnc1CNCC1CCCOC1. The minimum atomic E-state index is 0.659. The lowest BCUT2D eigenvalue weighted by Gasteiger charge is -2.22. The van der Waals surface area contributed by atoms with E-state index >= 15 is 0 Å². The third kappa shape index (κ3) is 3.78. The molecule has 0 amide bonds. The molecule has 5 nitrogen and oxygen atoms in total. The molecule has 0 saturated carbocycles. The van der Waals surface area contributed by atoms with Gasteiger partial charge in [0.25, 0.3) is 0 Å². The van der Waals surface area contributed by atoms with E-state index in [9.17, 15) is 0 Å². The molecule has 2 rings (SSSR count). The van der Waals surface area contributed by atoms with Crippen LogP contribution in [0.25, 0.3) is 0 Å². The Labute approximate surface area is 103 Å². The molecule has 0 radical (unpaired) electrons. The van der Waals surface area contributed by atoms with E-state index in [1.807, 2.05) is 4.68 Å². The number of hydrogen-bond donors (Lipinski definition) is 1. The molecule has 1 atom stereocenters. The molecule has 1 fully saturated rings. The van der Waals surface area contributed by atoms with Gasteiger partial charge in [0.15, 0.2) is 0 Å². The highest BCUT2D eigenvalue weighted by Gasteiger charge is 2.13. The molecule has 5 heteroatoms. The molecule has 2 heterocycles. The number of nitrogens with zero attached hydrogens (tertiary/aromatic N) is 3. The lowest BCUT2D eigenvalue weighted by Crippen LogP contribution is -2.29. The number of aryl methyl sites for hydroxylation is 1. The highest BCUT2D eigenvalue weighted by Crippen LogP contribution is 2.12. The van der Waals surface area contributed by atoms with E-state index < -0.39 is 0 Å². The van der Waals surface area contributed by atoms with Crippen LogP contribution in [0.1, 0.15) is 32.0 Å². The van der Waals surface area contributed by atoms with E-state index in [2.05, 4.69) is 22.3 Å². The maximum absolute atomic E-state index is 5.46. The number of hydrogen-bond acceptors (Lipinski definition) is 4. The zero-order chi connectivity index (χ0) is 11.9. The molecule has 0 aliphatic carbocycles. The van der Waals surface area contributed by atoms with Gasteiger partial charge in [0.05, 0.1) is 13.2 Å². The third-order valence-corrected chi connectivity index (χ3v) is 3.10. The van der Waals surface area contributed by atoms with Crippen LogP contribution in [0.2, 0.25) is 0 Å². The largest absolute Gasteiger partial charge is 0.381 e. The van der Waals surface area contributed by atoms with Crippen LogP contribution in [-0.4, -0.2) is 34.5 Å². The fraction of sp³-hybridized carbons (Fsp3) is 0.833. The molecule has 1 saturated heterocycles. The Morgan fingerprint density at radius 2 is 2.53 bits per heavy atom. The Morgan fingerprint density at radius 3 is 3.29 bits per heavy atom. The zero-order valence-electron chi connectivity index (χ0n) is 10.6. The second kappa shape index (κ2) is 6.71. The van der Waals surface area contributed by atoms with Crippen LogP contribution in [0.3, 0.4) is 0 Å². The van der Waals surface area contributed by atoms with Crippen molar-refractivity contribution < 1.29 is 4.74 Å². The van der Waals surface area contributed by atoms with Crippen molar-refractivity contribution in [2.45, 2.75) is 39.3 Å². The second-order valence-corrected chi connectivity index (χ2v) is 4.61. The van der Waals surface area contributed by atoms with Gasteiger partial charge in [-0.15, -0.1) is 0 Å². The quantitative estimate of drug-likeness (QED) is 0.809. The van der Waals surface area contributed by atoms with Gasteiger partial charge >= 0.3 is 0 Å². The predicted molar refractivity (Wildman–Crippen MR) is 65.6 cm³/mol. The van der Waals surface area contributed by atoms with E-state index in [1.165, 1.54) is 12.8 Å². The Balaban J connectivity index is 1.71. The first-order valence-electron chi connectivity index (χ1n) is 6.55. The van der Waals surface area contributed by atoms with Gasteiger partial charge in [0.1, 0.15) is 12.2 Å². The lowest BCUT2D eigenvalue weighted by atomic mass is 10.0. The molecule has 1 unspecified atom stereocenters. The molecule has 0 aromatic carbocycles. The smallest absolute Gasteiger partial charge is 0.140 e. The zero-order valence-corrected chi connectivity index (χ0v) is 10.6. The van der Waals surface area contributed by atoms with Gasteiger partial charge in [-0.2, -0.15) is 5.10 Å². The van der Waals surface area contributed by atoms with Crippen molar-refractivity contribution in [1.29, 1.82) is 0 Å². The average molecular weight is 238 g/mol. The molecule has 1 N–H and O–H groups in total. The van der Waals surface area contributed by atoms with Crippen molar-refractivity contribution in [1.82, 2.24) is 20.1 Å². The first kappa shape index (κ1) is 12.5. The summed E-state index contributed by atoms with van der Waals surface area (Å²) in [6.07, 6.45) is 5.19. The molecular formula is C12H22N4O. The molecule has 1 aromatic heterocycles. The topological polar surface area (TPSA) is 52.0 Å². The summed E-state index contributed by atoms with van der Waals surface area (Å²) in [4.78, 5) is 4.28. The fourth-order valence-electron chi connectivity index (χ4n) is 2.18. The maximum atomic E-state index is 5.46. The molecule has 1 aromatic rings. The van der Waals surface area contributed by atoms with Crippen LogP contribution in [0.4, 0.5) is 0 Å². The van der Waals surface area contributed by atoms with Crippen LogP contribution >= 0.6 is 0 Å². The number of rotatable bonds is 6. The molecule has 0 bridgehead atoms. The van der Waals surface area contributed by atoms with Crippen molar-refractivity contribution in [2.24, 2.45) is 5.92 Å². The monoisotopic (exact) mass is 238 g/mol. The molecular weight excluding hydrogens is 216 g/mol. The van der Waals surface area contributed by atoms with E-state index in [4.69, 9.17) is 4.74 Å². The van der Waals surface area contributed by atoms with Gasteiger partial charge in [-0.3, -0.25) is 0 Å². The van der Waals surface area contributed by atoms with Gasteiger partial charge < -0.3 is 10.1 Å². The summed E-state index contributed by atoms with van der Waals surface area (Å²) in [6, 6.07) is 0. The molecule has 1 aliphatic rings. The summed E-state index contributed by atoms with van der Waals surface area (Å²) in [6.45, 7) is 6.74. The van der Waals surface area contributed by atoms with Gasteiger partial charge in [-0.05, 0) is 25.2 Å². The van der Waals surface area contributed by atoms with Crippen molar-refractivity contribution in [2.75, 3.05) is 19.8 Å². The summed E-state index contributed by atoms with van der Waals surface area (Å²) >= 11 is 0. The third-order valence-electron chi connectivity index (χ3n) is 3.10. The normalized spacial score (nSPS) is 20.6. The van der Waals surface area contributed by atoms with Crippen LogP contribution in [0, 0.1) is 5.92 Å². The summed E-state index contributed by atoms with van der Waals surface area (Å²) in [5.41, 5.74) is 0. The minimum Gasteiger partial charge on any atom is -0.381 e. The van der Waals surface area contributed by atoms with E-state index in [0.717, 1.165) is 45.1 Å². The van der Waals surface area contributed by atoms with Crippen molar-refractivity contribution >= 4 is 0 Å². The van der Waals surface area contributed by atoms with Crippen LogP contribution in [-0.2, 0) is 17.8 Å². The van der Waals surface area contributed by atoms with E-state index in [0.29, 0.717) is 5.92 Å². The number of aromatic nitrogens is 3. The van der Waals surface area contributed by atoms with Crippen molar-refractivity contribution in [3.8, 4) is 0 Å². The number of nitrogens with one attached hydrogen (secondary N) is 1.